The van der Waals surface area contributed by atoms with Crippen LogP contribution in [0, 0.1) is 6.92 Å². The number of thiazole rings is 1. The number of H-pyrrole nitrogens is 1. The number of hydrogen-bond acceptors (Lipinski definition) is 5. The fourth-order valence-corrected chi connectivity index (χ4v) is 4.08. The van der Waals surface area contributed by atoms with Crippen molar-refractivity contribution in [2.75, 3.05) is 18.0 Å². The van der Waals surface area contributed by atoms with E-state index in [2.05, 4.69) is 31.2 Å². The van der Waals surface area contributed by atoms with E-state index in [1.54, 1.807) is 11.3 Å². The molecule has 0 aliphatic carbocycles. The quantitative estimate of drug-likeness (QED) is 0.681. The number of hydrogen-bond donors (Lipinski definition) is 2. The van der Waals surface area contributed by atoms with E-state index in [-0.39, 0.29) is 5.91 Å². The number of amides is 1. The lowest BCUT2D eigenvalue weighted by Gasteiger charge is -2.21. The molecule has 28 heavy (non-hydrogen) atoms. The van der Waals surface area contributed by atoms with Crippen LogP contribution in [-0.2, 0) is 6.54 Å². The highest BCUT2D eigenvalue weighted by atomic mass is 32.1. The molecule has 1 amide bonds. The molecule has 3 aromatic rings. The average Bonchev–Trinajstić information content (AvgIpc) is 3.28. The maximum atomic E-state index is 12.4. The van der Waals surface area contributed by atoms with Gasteiger partial charge in [0.2, 0.25) is 0 Å². The van der Waals surface area contributed by atoms with Crippen LogP contribution in [0.15, 0.2) is 36.0 Å². The SMILES string of the molecule is Cc1nc(-c2c[nH]c(C(=O)NCc3ccc(N4CCCCCC4)nc3)c2)cs1. The van der Waals surface area contributed by atoms with Gasteiger partial charge in [-0.1, -0.05) is 18.9 Å². The highest BCUT2D eigenvalue weighted by Crippen LogP contribution is 2.22. The molecule has 0 atom stereocenters. The van der Waals surface area contributed by atoms with Crippen LogP contribution in [0.2, 0.25) is 0 Å². The normalized spacial score (nSPS) is 14.7. The summed E-state index contributed by atoms with van der Waals surface area (Å²) >= 11 is 1.60. The van der Waals surface area contributed by atoms with E-state index in [0.29, 0.717) is 12.2 Å². The Morgan fingerprint density at radius 2 is 2.07 bits per heavy atom. The maximum absolute atomic E-state index is 12.4. The first-order valence-electron chi connectivity index (χ1n) is 9.78. The van der Waals surface area contributed by atoms with Gasteiger partial charge in [0.15, 0.2) is 0 Å². The number of aryl methyl sites for hydroxylation is 1. The van der Waals surface area contributed by atoms with Gasteiger partial charge in [0.25, 0.3) is 5.91 Å². The highest BCUT2D eigenvalue weighted by Gasteiger charge is 2.13. The fourth-order valence-electron chi connectivity index (χ4n) is 3.45. The number of nitrogens with one attached hydrogen (secondary N) is 2. The predicted octanol–water partition coefficient (Wildman–Crippen LogP) is 4.15. The molecule has 6 nitrogen and oxygen atoms in total. The first-order valence-corrected chi connectivity index (χ1v) is 10.7. The Kier molecular flexibility index (Phi) is 5.71. The highest BCUT2D eigenvalue weighted by molar-refractivity contribution is 7.09. The fraction of sp³-hybridized carbons (Fsp3) is 0.381. The van der Waals surface area contributed by atoms with Gasteiger partial charge >= 0.3 is 0 Å². The summed E-state index contributed by atoms with van der Waals surface area (Å²) < 4.78 is 0. The van der Waals surface area contributed by atoms with Crippen LogP contribution < -0.4 is 10.2 Å². The van der Waals surface area contributed by atoms with E-state index >= 15 is 0 Å². The van der Waals surface area contributed by atoms with Crippen molar-refractivity contribution in [3.05, 3.63) is 52.2 Å². The molecule has 4 rings (SSSR count). The Balaban J connectivity index is 1.34. The van der Waals surface area contributed by atoms with Crippen LogP contribution in [0.5, 0.6) is 0 Å². The largest absolute Gasteiger partial charge is 0.357 e. The minimum Gasteiger partial charge on any atom is -0.357 e. The summed E-state index contributed by atoms with van der Waals surface area (Å²) in [4.78, 5) is 26.9. The average molecular weight is 396 g/mol. The maximum Gasteiger partial charge on any atom is 0.267 e. The molecule has 0 saturated carbocycles. The first kappa shape index (κ1) is 18.7. The Morgan fingerprint density at radius 1 is 1.25 bits per heavy atom. The van der Waals surface area contributed by atoms with Crippen molar-refractivity contribution in [1.29, 1.82) is 0 Å². The van der Waals surface area contributed by atoms with Gasteiger partial charge in [-0.25, -0.2) is 9.97 Å². The number of carbonyl (C=O) groups is 1. The Morgan fingerprint density at radius 3 is 2.75 bits per heavy atom. The number of aromatic amines is 1. The van der Waals surface area contributed by atoms with Gasteiger partial charge in [0.1, 0.15) is 11.5 Å². The number of anilines is 1. The molecule has 1 fully saturated rings. The van der Waals surface area contributed by atoms with Crippen molar-refractivity contribution < 1.29 is 4.79 Å². The Labute approximate surface area is 169 Å². The standard InChI is InChI=1S/C21H25N5OS/c1-15-25-19(14-28-15)17-10-18(22-13-17)21(27)24-12-16-6-7-20(23-11-16)26-8-4-2-3-5-9-26/h6-7,10-11,13-14,22H,2-5,8-9,12H2,1H3,(H,24,27). The van der Waals surface area contributed by atoms with Crippen LogP contribution in [0.3, 0.4) is 0 Å². The van der Waals surface area contributed by atoms with Gasteiger partial charge in [-0.05, 0) is 37.5 Å². The van der Waals surface area contributed by atoms with Crippen molar-refractivity contribution in [2.24, 2.45) is 0 Å². The predicted molar refractivity (Wildman–Crippen MR) is 113 cm³/mol. The summed E-state index contributed by atoms with van der Waals surface area (Å²) in [5.74, 6) is 0.902. The molecule has 0 bridgehead atoms. The lowest BCUT2D eigenvalue weighted by Crippen LogP contribution is -2.25. The van der Waals surface area contributed by atoms with Crippen LogP contribution >= 0.6 is 11.3 Å². The monoisotopic (exact) mass is 395 g/mol. The second-order valence-corrected chi connectivity index (χ2v) is 8.22. The van der Waals surface area contributed by atoms with E-state index in [0.717, 1.165) is 40.7 Å². The number of nitrogens with zero attached hydrogens (tertiary/aromatic N) is 3. The zero-order valence-corrected chi connectivity index (χ0v) is 16.9. The molecule has 3 aromatic heterocycles. The summed E-state index contributed by atoms with van der Waals surface area (Å²) in [6, 6.07) is 5.94. The second kappa shape index (κ2) is 8.56. The van der Waals surface area contributed by atoms with Crippen LogP contribution in [0.1, 0.15) is 46.7 Å². The zero-order chi connectivity index (χ0) is 19.3. The molecule has 1 aliphatic rings. The van der Waals surface area contributed by atoms with Gasteiger partial charge in [-0.3, -0.25) is 4.79 Å². The van der Waals surface area contributed by atoms with Crippen LogP contribution in [-0.4, -0.2) is 33.9 Å². The minimum absolute atomic E-state index is 0.130. The molecule has 0 aromatic carbocycles. The van der Waals surface area contributed by atoms with Gasteiger partial charge in [-0.2, -0.15) is 0 Å². The molecule has 146 valence electrons. The summed E-state index contributed by atoms with van der Waals surface area (Å²) in [6.07, 6.45) is 8.77. The second-order valence-electron chi connectivity index (χ2n) is 7.16. The van der Waals surface area contributed by atoms with Gasteiger partial charge in [0, 0.05) is 43.0 Å². The Hall–Kier alpha value is -2.67. The topological polar surface area (TPSA) is 73.9 Å². The molecule has 4 heterocycles. The van der Waals surface area contributed by atoms with Gasteiger partial charge < -0.3 is 15.2 Å². The molecule has 7 heteroatoms. The summed E-state index contributed by atoms with van der Waals surface area (Å²) in [7, 11) is 0. The van der Waals surface area contributed by atoms with Crippen molar-refractivity contribution in [3.8, 4) is 11.3 Å². The van der Waals surface area contributed by atoms with Crippen molar-refractivity contribution in [3.63, 3.8) is 0 Å². The van der Waals surface area contributed by atoms with Crippen molar-refractivity contribution in [2.45, 2.75) is 39.2 Å². The summed E-state index contributed by atoms with van der Waals surface area (Å²) in [5, 5.41) is 5.96. The van der Waals surface area contributed by atoms with Crippen molar-refractivity contribution >= 4 is 23.1 Å². The molecule has 2 N–H and O–H groups in total. The summed E-state index contributed by atoms with van der Waals surface area (Å²) in [6.45, 7) is 4.59. The third-order valence-corrected chi connectivity index (χ3v) is 5.81. The number of pyridine rings is 1. The Bertz CT molecular complexity index is 922. The first-order chi connectivity index (χ1) is 13.7. The molecular weight excluding hydrogens is 370 g/mol. The van der Waals surface area contributed by atoms with Gasteiger partial charge in [-0.15, -0.1) is 11.3 Å². The number of carbonyl (C=O) groups excluding carboxylic acids is 1. The van der Waals surface area contributed by atoms with Crippen molar-refractivity contribution in [1.82, 2.24) is 20.3 Å². The molecule has 0 radical (unpaired) electrons. The molecule has 0 unspecified atom stereocenters. The summed E-state index contributed by atoms with van der Waals surface area (Å²) in [5.41, 5.74) is 3.35. The molecule has 1 saturated heterocycles. The van der Waals surface area contributed by atoms with E-state index in [4.69, 9.17) is 0 Å². The van der Waals surface area contributed by atoms with E-state index in [9.17, 15) is 4.79 Å². The number of aromatic nitrogens is 3. The third kappa shape index (κ3) is 4.42. The van der Waals surface area contributed by atoms with E-state index < -0.39 is 0 Å². The number of rotatable bonds is 5. The molecular formula is C21H25N5OS. The lowest BCUT2D eigenvalue weighted by molar-refractivity contribution is 0.0946. The van der Waals surface area contributed by atoms with E-state index in [1.165, 1.54) is 25.7 Å². The zero-order valence-electron chi connectivity index (χ0n) is 16.1. The van der Waals surface area contributed by atoms with Gasteiger partial charge in [0.05, 0.1) is 10.7 Å². The molecule has 1 aliphatic heterocycles. The molecule has 0 spiro atoms. The van der Waals surface area contributed by atoms with Crippen LogP contribution in [0.25, 0.3) is 11.3 Å². The smallest absolute Gasteiger partial charge is 0.267 e. The van der Waals surface area contributed by atoms with Crippen LogP contribution in [0.4, 0.5) is 5.82 Å². The minimum atomic E-state index is -0.130. The van der Waals surface area contributed by atoms with E-state index in [1.807, 2.05) is 36.8 Å². The lowest BCUT2D eigenvalue weighted by atomic mass is 10.2. The third-order valence-electron chi connectivity index (χ3n) is 5.03.